The third kappa shape index (κ3) is 4.46. The van der Waals surface area contributed by atoms with Crippen LogP contribution in [-0.4, -0.2) is 10.8 Å². The number of benzene rings is 2. The fourth-order valence-corrected chi connectivity index (χ4v) is 2.11. The molecule has 4 N–H and O–H groups in total. The summed E-state index contributed by atoms with van der Waals surface area (Å²) in [5.41, 5.74) is 5.96. The molecule has 0 bridgehead atoms. The number of nitro benzene ring substituents is 1. The number of halogens is 1. The number of nitriles is 1. The summed E-state index contributed by atoms with van der Waals surface area (Å²) in [7, 11) is 0. The van der Waals surface area contributed by atoms with Gasteiger partial charge in [0.2, 0.25) is 0 Å². The van der Waals surface area contributed by atoms with Crippen LogP contribution in [0.3, 0.4) is 0 Å². The predicted molar refractivity (Wildman–Crippen MR) is 94.9 cm³/mol. The molecule has 0 aliphatic carbocycles. The molecule has 0 saturated heterocycles. The van der Waals surface area contributed by atoms with E-state index >= 15 is 0 Å². The second-order valence-corrected chi connectivity index (χ2v) is 5.19. The number of nitrogens with two attached hydrogens (primary N) is 1. The van der Waals surface area contributed by atoms with Crippen molar-refractivity contribution in [3.8, 4) is 6.07 Å². The number of anilines is 3. The number of nitrogens with zero attached hydrogens (tertiary/aromatic N) is 2. The van der Waals surface area contributed by atoms with Crippen molar-refractivity contribution in [2.24, 2.45) is 0 Å². The number of rotatable bonds is 5. The molecule has 0 unspecified atom stereocenters. The molecule has 0 heterocycles. The van der Waals surface area contributed by atoms with Crippen LogP contribution in [0.15, 0.2) is 54.2 Å². The van der Waals surface area contributed by atoms with E-state index in [1.807, 2.05) is 0 Å². The Morgan fingerprint density at radius 3 is 2.64 bits per heavy atom. The lowest BCUT2D eigenvalue weighted by molar-refractivity contribution is -0.383. The van der Waals surface area contributed by atoms with Gasteiger partial charge in [0, 0.05) is 18.0 Å². The van der Waals surface area contributed by atoms with E-state index in [1.165, 1.54) is 30.3 Å². The van der Waals surface area contributed by atoms with E-state index in [0.717, 1.165) is 6.20 Å². The Morgan fingerprint density at radius 2 is 2.00 bits per heavy atom. The fraction of sp³-hybridized carbons (Fsp3) is 0. The maximum Gasteiger partial charge on any atom is 0.292 e. The van der Waals surface area contributed by atoms with Gasteiger partial charge in [-0.3, -0.25) is 14.9 Å². The monoisotopic (exact) mass is 357 g/mol. The molecule has 2 rings (SSSR count). The highest BCUT2D eigenvalue weighted by molar-refractivity contribution is 6.34. The van der Waals surface area contributed by atoms with Gasteiger partial charge in [-0.1, -0.05) is 23.7 Å². The molecular formula is C16H12ClN5O3. The molecule has 0 saturated carbocycles. The van der Waals surface area contributed by atoms with Gasteiger partial charge in [-0.05, 0) is 24.3 Å². The molecule has 0 aromatic heterocycles. The van der Waals surface area contributed by atoms with Crippen LogP contribution in [0.4, 0.5) is 22.7 Å². The first kappa shape index (κ1) is 17.8. The number of hydrogen-bond acceptors (Lipinski definition) is 6. The number of amides is 1. The minimum Gasteiger partial charge on any atom is -0.399 e. The summed E-state index contributed by atoms with van der Waals surface area (Å²) in [4.78, 5) is 22.5. The van der Waals surface area contributed by atoms with Gasteiger partial charge in [0.15, 0.2) is 0 Å². The maximum atomic E-state index is 12.2. The van der Waals surface area contributed by atoms with E-state index < -0.39 is 10.8 Å². The van der Waals surface area contributed by atoms with Crippen LogP contribution in [0.2, 0.25) is 5.02 Å². The van der Waals surface area contributed by atoms with Crippen molar-refractivity contribution in [3.63, 3.8) is 0 Å². The van der Waals surface area contributed by atoms with Gasteiger partial charge in [0.25, 0.3) is 11.6 Å². The molecular weight excluding hydrogens is 346 g/mol. The normalized spacial score (nSPS) is 10.6. The zero-order valence-corrected chi connectivity index (χ0v) is 13.4. The van der Waals surface area contributed by atoms with E-state index in [0.29, 0.717) is 5.69 Å². The van der Waals surface area contributed by atoms with Gasteiger partial charge in [-0.15, -0.1) is 0 Å². The van der Waals surface area contributed by atoms with E-state index in [-0.39, 0.29) is 27.7 Å². The molecule has 2 aromatic rings. The van der Waals surface area contributed by atoms with E-state index in [9.17, 15) is 14.9 Å². The van der Waals surface area contributed by atoms with Crippen molar-refractivity contribution in [2.75, 3.05) is 16.4 Å². The standard InChI is InChI=1S/C16H12ClN5O3/c17-12-7-11(19)5-6-13(12)21-16(23)10(8-18)9-20-14-3-1-2-4-15(14)22(24)25/h1-7,9,20H,19H2,(H,21,23)/b10-9-. The van der Waals surface area contributed by atoms with Crippen molar-refractivity contribution in [2.45, 2.75) is 0 Å². The summed E-state index contributed by atoms with van der Waals surface area (Å²) >= 11 is 5.96. The SMILES string of the molecule is N#C/C(=C/Nc1ccccc1[N+](=O)[O-])C(=O)Nc1ccc(N)cc1Cl. The first-order valence-corrected chi connectivity index (χ1v) is 7.26. The molecule has 0 aliphatic rings. The predicted octanol–water partition coefficient (Wildman–Crippen LogP) is 3.29. The Kier molecular flexibility index (Phi) is 5.55. The molecule has 126 valence electrons. The highest BCUT2D eigenvalue weighted by atomic mass is 35.5. The molecule has 8 nitrogen and oxygen atoms in total. The Hall–Kier alpha value is -3.57. The third-order valence-electron chi connectivity index (χ3n) is 3.08. The Balaban J connectivity index is 2.19. The highest BCUT2D eigenvalue weighted by Crippen LogP contribution is 2.25. The lowest BCUT2D eigenvalue weighted by Crippen LogP contribution is -2.15. The summed E-state index contributed by atoms with van der Waals surface area (Å²) in [6, 6.07) is 12.1. The van der Waals surface area contributed by atoms with Gasteiger partial charge >= 0.3 is 0 Å². The molecule has 1 amide bonds. The molecule has 0 spiro atoms. The van der Waals surface area contributed by atoms with Gasteiger partial charge in [-0.2, -0.15) is 5.26 Å². The Morgan fingerprint density at radius 1 is 1.28 bits per heavy atom. The summed E-state index contributed by atoms with van der Waals surface area (Å²) in [5.74, 6) is -0.722. The smallest absolute Gasteiger partial charge is 0.292 e. The van der Waals surface area contributed by atoms with Crippen molar-refractivity contribution in [1.82, 2.24) is 0 Å². The lowest BCUT2D eigenvalue weighted by Gasteiger charge is -2.07. The van der Waals surface area contributed by atoms with Crippen LogP contribution in [0.5, 0.6) is 0 Å². The average Bonchev–Trinajstić information content (AvgIpc) is 2.58. The number of nitrogens with one attached hydrogen (secondary N) is 2. The number of para-hydroxylation sites is 2. The van der Waals surface area contributed by atoms with Gasteiger partial charge < -0.3 is 16.4 Å². The number of carbonyl (C=O) groups is 1. The summed E-state index contributed by atoms with van der Waals surface area (Å²) < 4.78 is 0. The number of carbonyl (C=O) groups excluding carboxylic acids is 1. The largest absolute Gasteiger partial charge is 0.399 e. The van der Waals surface area contributed by atoms with Gasteiger partial charge in [0.1, 0.15) is 17.3 Å². The first-order chi connectivity index (χ1) is 11.9. The summed E-state index contributed by atoms with van der Waals surface area (Å²) in [6.45, 7) is 0. The van der Waals surface area contributed by atoms with Crippen LogP contribution in [0.1, 0.15) is 0 Å². The minimum absolute atomic E-state index is 0.151. The molecule has 0 atom stereocenters. The first-order valence-electron chi connectivity index (χ1n) is 6.89. The fourth-order valence-electron chi connectivity index (χ4n) is 1.88. The quantitative estimate of drug-likeness (QED) is 0.247. The zero-order chi connectivity index (χ0) is 18.4. The van der Waals surface area contributed by atoms with E-state index in [2.05, 4.69) is 10.6 Å². The van der Waals surface area contributed by atoms with Crippen LogP contribution < -0.4 is 16.4 Å². The summed E-state index contributed by atoms with van der Waals surface area (Å²) in [6.07, 6.45) is 1.09. The number of nitrogen functional groups attached to an aromatic ring is 1. The maximum absolute atomic E-state index is 12.2. The summed E-state index contributed by atoms with van der Waals surface area (Å²) in [5, 5.41) is 25.4. The highest BCUT2D eigenvalue weighted by Gasteiger charge is 2.14. The van der Waals surface area contributed by atoms with Crippen LogP contribution in [-0.2, 0) is 4.79 Å². The molecule has 9 heteroatoms. The topological polar surface area (TPSA) is 134 Å². The molecule has 25 heavy (non-hydrogen) atoms. The van der Waals surface area contributed by atoms with Crippen LogP contribution in [0.25, 0.3) is 0 Å². The van der Waals surface area contributed by atoms with Crippen molar-refractivity contribution in [3.05, 3.63) is 69.4 Å². The van der Waals surface area contributed by atoms with Crippen molar-refractivity contribution < 1.29 is 9.72 Å². The van der Waals surface area contributed by atoms with Crippen molar-refractivity contribution >= 4 is 40.3 Å². The van der Waals surface area contributed by atoms with Gasteiger partial charge in [-0.25, -0.2) is 0 Å². The molecule has 2 aromatic carbocycles. The molecule has 0 aliphatic heterocycles. The third-order valence-corrected chi connectivity index (χ3v) is 3.39. The second-order valence-electron chi connectivity index (χ2n) is 4.78. The zero-order valence-electron chi connectivity index (χ0n) is 12.7. The molecule has 0 radical (unpaired) electrons. The Labute approximate surface area is 147 Å². The lowest BCUT2D eigenvalue weighted by atomic mass is 10.2. The van der Waals surface area contributed by atoms with Gasteiger partial charge in [0.05, 0.1) is 15.6 Å². The number of nitro groups is 1. The Bertz CT molecular complexity index is 905. The molecule has 0 fully saturated rings. The second kappa shape index (κ2) is 7.81. The average molecular weight is 358 g/mol. The van der Waals surface area contributed by atoms with E-state index in [4.69, 9.17) is 22.6 Å². The van der Waals surface area contributed by atoms with Crippen molar-refractivity contribution in [1.29, 1.82) is 5.26 Å². The minimum atomic E-state index is -0.722. The van der Waals surface area contributed by atoms with Crippen LogP contribution in [0, 0.1) is 21.4 Å². The van der Waals surface area contributed by atoms with Crippen LogP contribution >= 0.6 is 11.6 Å². The number of hydrogen-bond donors (Lipinski definition) is 3. The van der Waals surface area contributed by atoms with E-state index in [1.54, 1.807) is 18.2 Å².